The van der Waals surface area contributed by atoms with E-state index in [9.17, 15) is 36.3 Å². The summed E-state index contributed by atoms with van der Waals surface area (Å²) in [5, 5.41) is 15.0. The smallest absolute Gasteiger partial charge is 0.389 e. The summed E-state index contributed by atoms with van der Waals surface area (Å²) in [7, 11) is -4.22. The minimum atomic E-state index is -4.49. The van der Waals surface area contributed by atoms with E-state index in [2.05, 4.69) is 10.6 Å². The number of hydrogen-bond donors (Lipinski definition) is 4. The molecule has 3 rings (SSSR count). The Hall–Kier alpha value is -3.90. The van der Waals surface area contributed by atoms with E-state index in [1.165, 1.54) is 0 Å². The number of benzene rings is 3. The second-order valence-electron chi connectivity index (χ2n) is 8.82. The van der Waals surface area contributed by atoms with Crippen LogP contribution in [0.4, 0.5) is 23.7 Å². The van der Waals surface area contributed by atoms with Crippen LogP contribution in [0.3, 0.4) is 0 Å². The van der Waals surface area contributed by atoms with E-state index >= 15 is 0 Å². The fraction of sp³-hybridized carbons (Fsp3) is 0.259. The number of hydrogen-bond acceptors (Lipinski definition) is 4. The zero-order valence-electron chi connectivity index (χ0n) is 20.7. The van der Waals surface area contributed by atoms with E-state index in [0.717, 1.165) is 16.7 Å². The predicted molar refractivity (Wildman–Crippen MR) is 142 cm³/mol. The molecular weight excluding hydrogens is 535 g/mol. The highest BCUT2D eigenvalue weighted by atomic mass is 32.2. The molecule has 208 valence electrons. The molecule has 8 nitrogen and oxygen atoms in total. The summed E-state index contributed by atoms with van der Waals surface area (Å²) in [6, 6.07) is 21.4. The first kappa shape index (κ1) is 29.7. The number of nitrogens with one attached hydrogen (secondary N) is 3. The van der Waals surface area contributed by atoms with Gasteiger partial charge in [-0.1, -0.05) is 66.7 Å². The van der Waals surface area contributed by atoms with Gasteiger partial charge in [-0.25, -0.2) is 17.9 Å². The molecule has 3 aromatic rings. The summed E-state index contributed by atoms with van der Waals surface area (Å²) in [5.41, 5.74) is 3.59. The van der Waals surface area contributed by atoms with E-state index in [4.69, 9.17) is 0 Å². The topological polar surface area (TPSA) is 125 Å². The van der Waals surface area contributed by atoms with E-state index in [1.807, 2.05) is 41.1 Å². The lowest BCUT2D eigenvalue weighted by molar-refractivity contribution is -0.139. The monoisotopic (exact) mass is 563 g/mol. The van der Waals surface area contributed by atoms with Gasteiger partial charge in [-0.3, -0.25) is 4.79 Å². The fourth-order valence-electron chi connectivity index (χ4n) is 3.72. The van der Waals surface area contributed by atoms with Crippen molar-refractivity contribution in [2.75, 3.05) is 11.1 Å². The standard InChI is InChI=1S/C27H28F3N3O5S/c28-27(29,30)14-5-15-39(37,38)33-24(25(34)35)16-19-10-12-21(13-11-19)22-8-4-9-23(17-22)32-26(36)31-18-20-6-2-1-3-7-20/h1-4,6-13,17,24,33H,5,14-16,18H2,(H,34,35)(H2,31,32,36)/t24-/m0/s1. The SMILES string of the molecule is O=C(NCc1ccccc1)Nc1cccc(-c2ccc(C[C@H](NS(=O)(=O)CCCC(F)(F)F)C(=O)O)cc2)c1. The average molecular weight is 564 g/mol. The van der Waals surface area contributed by atoms with Gasteiger partial charge in [0.1, 0.15) is 6.04 Å². The Kier molecular flexibility index (Phi) is 10.1. The van der Waals surface area contributed by atoms with Crippen LogP contribution in [0.5, 0.6) is 0 Å². The number of aliphatic carboxylic acids is 1. The van der Waals surface area contributed by atoms with Gasteiger partial charge >= 0.3 is 18.2 Å². The molecule has 0 fully saturated rings. The lowest BCUT2D eigenvalue weighted by atomic mass is 10.0. The van der Waals surface area contributed by atoms with Crippen molar-refractivity contribution >= 4 is 27.7 Å². The highest BCUT2D eigenvalue weighted by molar-refractivity contribution is 7.89. The molecule has 0 saturated carbocycles. The van der Waals surface area contributed by atoms with Gasteiger partial charge in [0.05, 0.1) is 5.75 Å². The fourth-order valence-corrected chi connectivity index (χ4v) is 4.98. The molecule has 0 aliphatic heterocycles. The van der Waals surface area contributed by atoms with Crippen molar-refractivity contribution in [3.8, 4) is 11.1 Å². The maximum atomic E-state index is 12.3. The number of carboxylic acid groups (broad SMARTS) is 1. The number of carbonyl (C=O) groups excluding carboxylic acids is 1. The Morgan fingerprint density at radius 3 is 2.21 bits per heavy atom. The van der Waals surface area contributed by atoms with Gasteiger partial charge in [0.15, 0.2) is 0 Å². The van der Waals surface area contributed by atoms with Crippen molar-refractivity contribution in [1.29, 1.82) is 0 Å². The Balaban J connectivity index is 1.59. The van der Waals surface area contributed by atoms with Gasteiger partial charge in [0.25, 0.3) is 0 Å². The van der Waals surface area contributed by atoms with Crippen LogP contribution in [0, 0.1) is 0 Å². The number of alkyl halides is 3. The molecule has 0 aromatic heterocycles. The number of rotatable bonds is 12. The number of amides is 2. The van der Waals surface area contributed by atoms with Gasteiger partial charge in [-0.05, 0) is 47.2 Å². The van der Waals surface area contributed by atoms with E-state index < -0.39 is 46.8 Å². The van der Waals surface area contributed by atoms with Crippen molar-refractivity contribution in [2.45, 2.75) is 38.0 Å². The van der Waals surface area contributed by atoms with Crippen LogP contribution in [0.1, 0.15) is 24.0 Å². The normalized spacial score (nSPS) is 12.5. The number of carboxylic acids is 1. The quantitative estimate of drug-likeness (QED) is 0.249. The zero-order valence-corrected chi connectivity index (χ0v) is 21.6. The van der Waals surface area contributed by atoms with Crippen molar-refractivity contribution < 1.29 is 36.3 Å². The zero-order chi connectivity index (χ0) is 28.5. The van der Waals surface area contributed by atoms with E-state index in [-0.39, 0.29) is 12.5 Å². The van der Waals surface area contributed by atoms with E-state index in [0.29, 0.717) is 17.8 Å². The van der Waals surface area contributed by atoms with Crippen LogP contribution >= 0.6 is 0 Å². The van der Waals surface area contributed by atoms with Crippen molar-refractivity contribution in [3.05, 3.63) is 90.0 Å². The molecule has 1 atom stereocenters. The molecule has 0 spiro atoms. The third kappa shape index (κ3) is 10.4. The molecule has 0 aliphatic rings. The second kappa shape index (κ2) is 13.3. The summed E-state index contributed by atoms with van der Waals surface area (Å²) in [4.78, 5) is 23.9. The van der Waals surface area contributed by atoms with Gasteiger partial charge < -0.3 is 15.7 Å². The first-order valence-corrected chi connectivity index (χ1v) is 13.6. The molecule has 0 saturated heterocycles. The summed E-state index contributed by atoms with van der Waals surface area (Å²) in [5.74, 6) is -2.27. The second-order valence-corrected chi connectivity index (χ2v) is 10.7. The third-order valence-electron chi connectivity index (χ3n) is 5.64. The maximum Gasteiger partial charge on any atom is 0.389 e. The lowest BCUT2D eigenvalue weighted by Crippen LogP contribution is -2.43. The first-order chi connectivity index (χ1) is 18.4. The first-order valence-electron chi connectivity index (χ1n) is 12.0. The van der Waals surface area contributed by atoms with Crippen LogP contribution in [0.2, 0.25) is 0 Å². The molecule has 0 bridgehead atoms. The van der Waals surface area contributed by atoms with Crippen molar-refractivity contribution in [2.24, 2.45) is 0 Å². The number of urea groups is 1. The number of anilines is 1. The molecule has 2 amide bonds. The molecule has 0 aliphatic carbocycles. The highest BCUT2D eigenvalue weighted by Gasteiger charge is 2.29. The molecule has 3 aromatic carbocycles. The van der Waals surface area contributed by atoms with Gasteiger partial charge in [-0.15, -0.1) is 0 Å². The maximum absolute atomic E-state index is 12.3. The van der Waals surface area contributed by atoms with Crippen LogP contribution in [-0.2, 0) is 27.8 Å². The summed E-state index contributed by atoms with van der Waals surface area (Å²) < 4.78 is 63.1. The summed E-state index contributed by atoms with van der Waals surface area (Å²) in [6.07, 6.45) is -6.63. The minimum Gasteiger partial charge on any atom is -0.480 e. The minimum absolute atomic E-state index is 0.197. The summed E-state index contributed by atoms with van der Waals surface area (Å²) in [6.45, 7) is 0.370. The van der Waals surface area contributed by atoms with Crippen molar-refractivity contribution in [3.63, 3.8) is 0 Å². The number of carbonyl (C=O) groups is 2. The summed E-state index contributed by atoms with van der Waals surface area (Å²) >= 11 is 0. The Labute approximate surface area is 224 Å². The van der Waals surface area contributed by atoms with E-state index in [1.54, 1.807) is 42.5 Å². The van der Waals surface area contributed by atoms with Crippen LogP contribution in [-0.4, -0.2) is 43.5 Å². The van der Waals surface area contributed by atoms with Crippen LogP contribution in [0.15, 0.2) is 78.9 Å². The Morgan fingerprint density at radius 2 is 1.56 bits per heavy atom. The molecule has 39 heavy (non-hydrogen) atoms. The van der Waals surface area contributed by atoms with Gasteiger partial charge in [0, 0.05) is 18.7 Å². The van der Waals surface area contributed by atoms with Gasteiger partial charge in [0.2, 0.25) is 10.0 Å². The number of sulfonamides is 1. The molecule has 0 radical (unpaired) electrons. The third-order valence-corrected chi connectivity index (χ3v) is 7.11. The highest BCUT2D eigenvalue weighted by Crippen LogP contribution is 2.24. The Morgan fingerprint density at radius 1 is 0.872 bits per heavy atom. The molecular formula is C27H28F3N3O5S. The number of halogens is 3. The molecule has 0 heterocycles. The van der Waals surface area contributed by atoms with Crippen LogP contribution < -0.4 is 15.4 Å². The molecule has 4 N–H and O–H groups in total. The molecule has 12 heteroatoms. The van der Waals surface area contributed by atoms with Gasteiger partial charge in [-0.2, -0.15) is 13.2 Å². The van der Waals surface area contributed by atoms with Crippen LogP contribution in [0.25, 0.3) is 11.1 Å². The lowest BCUT2D eigenvalue weighted by Gasteiger charge is -2.15. The predicted octanol–water partition coefficient (Wildman–Crippen LogP) is 4.93. The largest absolute Gasteiger partial charge is 0.480 e. The van der Waals surface area contributed by atoms with Crippen molar-refractivity contribution in [1.82, 2.24) is 10.0 Å². The Bertz CT molecular complexity index is 1370. The molecule has 0 unspecified atom stereocenters. The average Bonchev–Trinajstić information content (AvgIpc) is 2.87.